The Kier molecular flexibility index (Phi) is 5.51. The van der Waals surface area contributed by atoms with Gasteiger partial charge in [-0.15, -0.1) is 0 Å². The molecule has 3 aromatic heterocycles. The molecule has 41 heavy (non-hydrogen) atoms. The van der Waals surface area contributed by atoms with Crippen molar-refractivity contribution in [2.75, 3.05) is 17.2 Å². The number of benzene rings is 3. The maximum atomic E-state index is 14.0. The van der Waals surface area contributed by atoms with Gasteiger partial charge in [0, 0.05) is 41.4 Å². The smallest absolute Gasteiger partial charge is 0.274 e. The molecule has 4 heterocycles. The monoisotopic (exact) mass is 567 g/mol. The largest absolute Gasteiger partial charge is 0.507 e. The summed E-state index contributed by atoms with van der Waals surface area (Å²) < 4.78 is 26.7. The molecule has 6 aromatic rings. The van der Waals surface area contributed by atoms with Crippen molar-refractivity contribution in [1.29, 1.82) is 5.41 Å². The number of aromatic hydroxyl groups is 1. The van der Waals surface area contributed by atoms with Crippen LogP contribution in [0, 0.1) is 5.41 Å². The molecule has 11 nitrogen and oxygen atoms in total. The number of hydrogen-bond donors (Lipinski definition) is 4. The van der Waals surface area contributed by atoms with Gasteiger partial charge in [0.25, 0.3) is 5.91 Å². The summed E-state index contributed by atoms with van der Waals surface area (Å²) in [5.41, 5.74) is 3.70. The number of phenolic OH excluding ortho intramolecular Hbond substituents is 1. The van der Waals surface area contributed by atoms with Gasteiger partial charge in [0.1, 0.15) is 17.0 Å². The Morgan fingerprint density at radius 3 is 2.73 bits per heavy atom. The number of hydrogen-bond acceptors (Lipinski definition) is 7. The first-order chi connectivity index (χ1) is 19.7. The van der Waals surface area contributed by atoms with E-state index in [4.69, 9.17) is 5.41 Å². The number of H-pyrrole nitrogens is 2. The highest BCUT2D eigenvalue weighted by Crippen LogP contribution is 2.46. The number of carbonyl (C=O) groups is 1. The van der Waals surface area contributed by atoms with E-state index in [9.17, 15) is 18.3 Å². The number of aromatic amines is 2. The average molecular weight is 568 g/mol. The number of rotatable bonds is 5. The molecule has 0 fully saturated rings. The zero-order valence-corrected chi connectivity index (χ0v) is 22.7. The van der Waals surface area contributed by atoms with Gasteiger partial charge in [-0.3, -0.25) is 10.2 Å². The minimum atomic E-state index is -3.40. The van der Waals surface area contributed by atoms with Crippen LogP contribution < -0.4 is 10.4 Å². The van der Waals surface area contributed by atoms with E-state index in [-0.39, 0.29) is 33.7 Å². The molecule has 4 N–H and O–H groups in total. The SMILES string of the molecule is CCS(=O)(=O)c1ccc2[nH]c(C(=O)N3C[C@@H](Cn4cnc(=N)c5[nH]cnc54)c4c3cc(O)c3ccccc43)cc2c1. The van der Waals surface area contributed by atoms with Crippen LogP contribution in [0.5, 0.6) is 5.75 Å². The number of sulfone groups is 1. The van der Waals surface area contributed by atoms with E-state index < -0.39 is 9.84 Å². The van der Waals surface area contributed by atoms with Crippen molar-refractivity contribution in [3.05, 3.63) is 84.0 Å². The normalized spacial score (nSPS) is 15.2. The number of carbonyl (C=O) groups excluding carboxylic acids is 1. The van der Waals surface area contributed by atoms with Gasteiger partial charge in [-0.25, -0.2) is 18.4 Å². The molecular formula is C29H25N7O4S. The number of imidazole rings is 1. The summed E-state index contributed by atoms with van der Waals surface area (Å²) in [4.78, 5) is 30.6. The fourth-order valence-electron chi connectivity index (χ4n) is 5.80. The van der Waals surface area contributed by atoms with Gasteiger partial charge >= 0.3 is 0 Å². The molecule has 0 saturated carbocycles. The number of nitrogens with zero attached hydrogens (tertiary/aromatic N) is 4. The summed E-state index contributed by atoms with van der Waals surface area (Å²) in [6.45, 7) is 2.36. The summed E-state index contributed by atoms with van der Waals surface area (Å²) in [7, 11) is -3.40. The molecule has 1 aliphatic rings. The minimum absolute atomic E-state index is 0.0131. The van der Waals surface area contributed by atoms with Crippen molar-refractivity contribution in [2.24, 2.45) is 0 Å². The van der Waals surface area contributed by atoms with Gasteiger partial charge in [-0.05, 0) is 35.2 Å². The standard InChI is InChI=1S/C29H25N7O4S/c1-2-41(39,40)18-7-8-21-16(9-18)10-22(34-21)29(38)36-13-17(12-35-15-33-27(30)26-28(35)32-14-31-26)25-20-6-4-3-5-19(20)24(37)11-23(25)36/h3-11,14-15,17,30,34,37H,2,12-13H2,1H3,(H,31,32)/t17-/m1/s1. The Labute approximate surface area is 233 Å². The fraction of sp³-hybridized carbons (Fsp3) is 0.172. The van der Waals surface area contributed by atoms with E-state index in [1.54, 1.807) is 48.5 Å². The highest BCUT2D eigenvalue weighted by Gasteiger charge is 2.36. The van der Waals surface area contributed by atoms with Crippen LogP contribution in [0.2, 0.25) is 0 Å². The lowest BCUT2D eigenvalue weighted by molar-refractivity contribution is 0.0984. The molecule has 0 spiro atoms. The molecule has 0 bridgehead atoms. The topological polar surface area (TPSA) is 161 Å². The van der Waals surface area contributed by atoms with Gasteiger partial charge in [0.2, 0.25) is 0 Å². The maximum Gasteiger partial charge on any atom is 0.274 e. The number of phenols is 1. The zero-order chi connectivity index (χ0) is 28.5. The molecule has 3 aromatic carbocycles. The first-order valence-corrected chi connectivity index (χ1v) is 14.8. The third-order valence-electron chi connectivity index (χ3n) is 7.82. The Balaban J connectivity index is 1.33. The fourth-order valence-corrected chi connectivity index (χ4v) is 6.71. The Morgan fingerprint density at radius 2 is 1.93 bits per heavy atom. The molecule has 1 amide bonds. The first-order valence-electron chi connectivity index (χ1n) is 13.1. The van der Waals surface area contributed by atoms with Crippen LogP contribution in [0.15, 0.2) is 72.1 Å². The van der Waals surface area contributed by atoms with Crippen LogP contribution in [-0.2, 0) is 16.4 Å². The second-order valence-electron chi connectivity index (χ2n) is 10.2. The Morgan fingerprint density at radius 1 is 1.12 bits per heavy atom. The number of aromatic nitrogens is 5. The minimum Gasteiger partial charge on any atom is -0.507 e. The third-order valence-corrected chi connectivity index (χ3v) is 9.56. The van der Waals surface area contributed by atoms with Crippen molar-refractivity contribution < 1.29 is 18.3 Å². The van der Waals surface area contributed by atoms with Crippen molar-refractivity contribution in [3.63, 3.8) is 0 Å². The van der Waals surface area contributed by atoms with Crippen LogP contribution in [0.25, 0.3) is 32.8 Å². The van der Waals surface area contributed by atoms with Crippen LogP contribution in [0.4, 0.5) is 5.69 Å². The van der Waals surface area contributed by atoms with Crippen LogP contribution in [-0.4, -0.2) is 56.2 Å². The van der Waals surface area contributed by atoms with Gasteiger partial charge in [-0.2, -0.15) is 0 Å². The quantitative estimate of drug-likeness (QED) is 0.248. The van der Waals surface area contributed by atoms with Gasteiger partial charge in [0.15, 0.2) is 21.0 Å². The van der Waals surface area contributed by atoms with Crippen molar-refractivity contribution in [2.45, 2.75) is 24.3 Å². The highest BCUT2D eigenvalue weighted by atomic mass is 32.2. The summed E-state index contributed by atoms with van der Waals surface area (Å²) in [5, 5.41) is 21.2. The second kappa shape index (κ2) is 9.03. The second-order valence-corrected chi connectivity index (χ2v) is 12.4. The lowest BCUT2D eigenvalue weighted by atomic mass is 9.94. The molecule has 1 atom stereocenters. The molecule has 0 saturated heterocycles. The van der Waals surface area contributed by atoms with E-state index >= 15 is 0 Å². The molecule has 12 heteroatoms. The summed E-state index contributed by atoms with van der Waals surface area (Å²) in [5.74, 6) is -0.408. The number of nitrogens with one attached hydrogen (secondary N) is 3. The van der Waals surface area contributed by atoms with Crippen molar-refractivity contribution in [3.8, 4) is 5.75 Å². The molecule has 206 valence electrons. The van der Waals surface area contributed by atoms with Gasteiger partial charge < -0.3 is 24.5 Å². The van der Waals surface area contributed by atoms with Crippen molar-refractivity contribution in [1.82, 2.24) is 24.5 Å². The molecular weight excluding hydrogens is 542 g/mol. The van der Waals surface area contributed by atoms with E-state index in [1.807, 2.05) is 28.8 Å². The molecule has 1 aliphatic heterocycles. The van der Waals surface area contributed by atoms with E-state index in [0.717, 1.165) is 10.9 Å². The van der Waals surface area contributed by atoms with Gasteiger partial charge in [-0.1, -0.05) is 31.2 Å². The molecule has 0 radical (unpaired) electrons. The molecule has 0 aliphatic carbocycles. The highest BCUT2D eigenvalue weighted by molar-refractivity contribution is 7.91. The zero-order valence-electron chi connectivity index (χ0n) is 21.9. The van der Waals surface area contributed by atoms with E-state index in [1.165, 1.54) is 6.33 Å². The Bertz CT molecular complexity index is 2200. The average Bonchev–Trinajstić information content (AvgIpc) is 3.72. The summed E-state index contributed by atoms with van der Waals surface area (Å²) in [6.07, 6.45) is 3.11. The van der Waals surface area contributed by atoms with Gasteiger partial charge in [0.05, 0.1) is 29.0 Å². The van der Waals surface area contributed by atoms with Crippen LogP contribution in [0.1, 0.15) is 28.9 Å². The predicted molar refractivity (Wildman–Crippen MR) is 154 cm³/mol. The predicted octanol–water partition coefficient (Wildman–Crippen LogP) is 3.82. The molecule has 7 rings (SSSR count). The number of amides is 1. The Hall–Kier alpha value is -4.97. The lowest BCUT2D eigenvalue weighted by Gasteiger charge is -2.18. The van der Waals surface area contributed by atoms with E-state index in [2.05, 4.69) is 19.9 Å². The summed E-state index contributed by atoms with van der Waals surface area (Å²) in [6, 6.07) is 15.6. The lowest BCUT2D eigenvalue weighted by Crippen LogP contribution is -2.31. The molecule has 0 unspecified atom stereocenters. The summed E-state index contributed by atoms with van der Waals surface area (Å²) >= 11 is 0. The maximum absolute atomic E-state index is 14.0. The van der Waals surface area contributed by atoms with Crippen LogP contribution >= 0.6 is 0 Å². The van der Waals surface area contributed by atoms with Crippen LogP contribution in [0.3, 0.4) is 0 Å². The number of fused-ring (bicyclic) bond motifs is 5. The first kappa shape index (κ1) is 25.0. The van der Waals surface area contributed by atoms with E-state index in [0.29, 0.717) is 51.9 Å². The number of anilines is 1. The van der Waals surface area contributed by atoms with Crippen molar-refractivity contribution >= 4 is 54.3 Å². The third kappa shape index (κ3) is 3.90.